The number of aliphatic hydroxyl groups is 1. The lowest BCUT2D eigenvalue weighted by Gasteiger charge is -2.20. The molecular weight excluding hydrogens is 402 g/mol. The number of nitrogens with one attached hydrogen (secondary N) is 3. The zero-order valence-corrected chi connectivity index (χ0v) is 18.4. The maximum Gasteiger partial charge on any atom is 0.332 e. The second kappa shape index (κ2) is 7.42. The standard InChI is InChI=1S/C22H29N3O4S/c1-13(14-7-8-14)17-10-9-15-5-4-6-18(15)20(17)24-21(26)25-30(23,28)19-11-16(12-29-19)22(2,3)27/h9-14,27H,4-8H2,1-3H3,(H3,23,24,25,26,28). The zero-order valence-electron chi connectivity index (χ0n) is 17.6. The van der Waals surface area contributed by atoms with Gasteiger partial charge in [0.25, 0.3) is 0 Å². The van der Waals surface area contributed by atoms with E-state index in [2.05, 4.69) is 29.1 Å². The second-order valence-electron chi connectivity index (χ2n) is 8.97. The fourth-order valence-corrected chi connectivity index (χ4v) is 5.06. The van der Waals surface area contributed by atoms with Crippen molar-refractivity contribution in [1.29, 1.82) is 4.78 Å². The number of urea groups is 1. The summed E-state index contributed by atoms with van der Waals surface area (Å²) < 4.78 is 28.4. The quantitative estimate of drug-likeness (QED) is 0.533. The van der Waals surface area contributed by atoms with Crippen molar-refractivity contribution in [2.75, 3.05) is 5.32 Å². The Labute approximate surface area is 177 Å². The van der Waals surface area contributed by atoms with E-state index >= 15 is 0 Å². The molecule has 0 spiro atoms. The fourth-order valence-electron chi connectivity index (χ4n) is 4.17. The first-order valence-electron chi connectivity index (χ1n) is 10.4. The van der Waals surface area contributed by atoms with Crippen LogP contribution in [0.2, 0.25) is 0 Å². The first kappa shape index (κ1) is 20.9. The Morgan fingerprint density at radius 3 is 2.70 bits per heavy atom. The van der Waals surface area contributed by atoms with Crippen LogP contribution in [0.15, 0.2) is 34.0 Å². The van der Waals surface area contributed by atoms with Crippen LogP contribution in [0.4, 0.5) is 10.5 Å². The molecule has 1 heterocycles. The molecule has 1 aromatic carbocycles. The summed E-state index contributed by atoms with van der Waals surface area (Å²) in [6.07, 6.45) is 6.60. The number of amides is 2. The zero-order chi connectivity index (χ0) is 21.7. The lowest BCUT2D eigenvalue weighted by Crippen LogP contribution is -2.34. The van der Waals surface area contributed by atoms with Crippen molar-refractivity contribution in [1.82, 2.24) is 4.72 Å². The van der Waals surface area contributed by atoms with E-state index in [1.54, 1.807) is 13.8 Å². The molecule has 4 N–H and O–H groups in total. The predicted molar refractivity (Wildman–Crippen MR) is 115 cm³/mol. The van der Waals surface area contributed by atoms with Crippen LogP contribution in [0.25, 0.3) is 0 Å². The van der Waals surface area contributed by atoms with Gasteiger partial charge in [-0.2, -0.15) is 0 Å². The Balaban J connectivity index is 1.57. The number of carbonyl (C=O) groups excluding carboxylic acids is 1. The molecule has 4 rings (SSSR count). The van der Waals surface area contributed by atoms with E-state index in [0.29, 0.717) is 17.4 Å². The molecule has 0 saturated heterocycles. The smallest absolute Gasteiger partial charge is 0.332 e. The molecule has 2 aliphatic rings. The van der Waals surface area contributed by atoms with Crippen molar-refractivity contribution in [3.05, 3.63) is 46.7 Å². The summed E-state index contributed by atoms with van der Waals surface area (Å²) >= 11 is 0. The SMILES string of the molecule is CC(c1ccc2c(c1NC(=O)NS(=N)(=O)c1cc(C(C)(C)O)co1)CCC2)C1CC1. The van der Waals surface area contributed by atoms with E-state index in [9.17, 15) is 14.1 Å². The highest BCUT2D eigenvalue weighted by Gasteiger charge is 2.32. The van der Waals surface area contributed by atoms with Gasteiger partial charge in [-0.05, 0) is 74.5 Å². The molecule has 162 valence electrons. The van der Waals surface area contributed by atoms with Gasteiger partial charge in [-0.25, -0.2) is 18.5 Å². The molecular formula is C22H29N3O4S. The Bertz CT molecular complexity index is 1080. The van der Waals surface area contributed by atoms with Gasteiger partial charge in [0.15, 0.2) is 9.92 Å². The fraction of sp³-hybridized carbons (Fsp3) is 0.500. The second-order valence-corrected chi connectivity index (χ2v) is 10.7. The van der Waals surface area contributed by atoms with Gasteiger partial charge in [-0.1, -0.05) is 19.1 Å². The minimum absolute atomic E-state index is 0.195. The summed E-state index contributed by atoms with van der Waals surface area (Å²) in [6, 6.07) is 4.91. The number of anilines is 1. The van der Waals surface area contributed by atoms with Crippen LogP contribution in [0.5, 0.6) is 0 Å². The Kier molecular flexibility index (Phi) is 5.18. The van der Waals surface area contributed by atoms with Gasteiger partial charge in [0.2, 0.25) is 5.09 Å². The van der Waals surface area contributed by atoms with Crippen LogP contribution >= 0.6 is 0 Å². The lowest BCUT2D eigenvalue weighted by atomic mass is 9.91. The Morgan fingerprint density at radius 1 is 1.33 bits per heavy atom. The summed E-state index contributed by atoms with van der Waals surface area (Å²) in [5, 5.41) is 12.8. The average molecular weight is 432 g/mol. The number of benzene rings is 1. The molecule has 0 bridgehead atoms. The maximum atomic E-state index is 12.8. The number of fused-ring (bicyclic) bond motifs is 1. The van der Waals surface area contributed by atoms with Crippen LogP contribution in [0.1, 0.15) is 68.2 Å². The van der Waals surface area contributed by atoms with Gasteiger partial charge in [-0.3, -0.25) is 0 Å². The molecule has 2 amide bonds. The molecule has 1 aromatic heterocycles. The van der Waals surface area contributed by atoms with Gasteiger partial charge in [-0.15, -0.1) is 0 Å². The average Bonchev–Trinajstić information content (AvgIpc) is 3.16. The van der Waals surface area contributed by atoms with E-state index in [4.69, 9.17) is 9.20 Å². The van der Waals surface area contributed by atoms with Crippen molar-refractivity contribution in [3.63, 3.8) is 0 Å². The van der Waals surface area contributed by atoms with Gasteiger partial charge in [0.05, 0.1) is 11.9 Å². The number of furan rings is 1. The number of hydrogen-bond donors (Lipinski definition) is 4. The van der Waals surface area contributed by atoms with Gasteiger partial charge in [0, 0.05) is 17.3 Å². The first-order chi connectivity index (χ1) is 14.1. The van der Waals surface area contributed by atoms with Gasteiger partial charge in [0.1, 0.15) is 0 Å². The molecule has 7 nitrogen and oxygen atoms in total. The Hall–Kier alpha value is -2.32. The van der Waals surface area contributed by atoms with E-state index in [0.717, 1.165) is 36.1 Å². The number of hydrogen-bond acceptors (Lipinski definition) is 5. The molecule has 0 radical (unpaired) electrons. The Morgan fingerprint density at radius 2 is 2.07 bits per heavy atom. The molecule has 1 saturated carbocycles. The highest BCUT2D eigenvalue weighted by atomic mass is 32.2. The number of aryl methyl sites for hydroxylation is 1. The van der Waals surface area contributed by atoms with Crippen molar-refractivity contribution in [2.24, 2.45) is 5.92 Å². The highest BCUT2D eigenvalue weighted by Crippen LogP contribution is 2.46. The van der Waals surface area contributed by atoms with Crippen molar-refractivity contribution in [2.45, 2.75) is 69.5 Å². The van der Waals surface area contributed by atoms with Crippen LogP contribution in [-0.2, 0) is 28.4 Å². The van der Waals surface area contributed by atoms with Crippen molar-refractivity contribution in [3.8, 4) is 0 Å². The van der Waals surface area contributed by atoms with Crippen LogP contribution in [0.3, 0.4) is 0 Å². The third kappa shape index (κ3) is 4.11. The van der Waals surface area contributed by atoms with E-state index in [1.165, 1.54) is 30.7 Å². The largest absolute Gasteiger partial charge is 0.452 e. The molecule has 2 aliphatic carbocycles. The molecule has 1 fully saturated rings. The summed E-state index contributed by atoms with van der Waals surface area (Å²) in [4.78, 5) is 12.8. The molecule has 2 unspecified atom stereocenters. The van der Waals surface area contributed by atoms with Crippen molar-refractivity contribution < 1.29 is 18.5 Å². The third-order valence-electron chi connectivity index (χ3n) is 6.17. The molecule has 30 heavy (non-hydrogen) atoms. The van der Waals surface area contributed by atoms with Crippen LogP contribution in [-0.4, -0.2) is 15.3 Å². The van der Waals surface area contributed by atoms with Crippen molar-refractivity contribution >= 4 is 21.6 Å². The topological polar surface area (TPSA) is 115 Å². The number of carbonyl (C=O) groups is 1. The summed E-state index contributed by atoms with van der Waals surface area (Å²) in [5.41, 5.74) is 3.48. The van der Waals surface area contributed by atoms with Crippen LogP contribution in [0, 0.1) is 10.7 Å². The summed E-state index contributed by atoms with van der Waals surface area (Å²) in [5.74, 6) is 0.975. The predicted octanol–water partition coefficient (Wildman–Crippen LogP) is 4.65. The maximum absolute atomic E-state index is 12.8. The van der Waals surface area contributed by atoms with E-state index in [1.807, 2.05) is 0 Å². The molecule has 8 heteroatoms. The van der Waals surface area contributed by atoms with E-state index in [-0.39, 0.29) is 5.09 Å². The first-order valence-corrected chi connectivity index (χ1v) is 12.0. The lowest BCUT2D eigenvalue weighted by molar-refractivity contribution is 0.0779. The minimum atomic E-state index is -3.71. The molecule has 2 aromatic rings. The van der Waals surface area contributed by atoms with Gasteiger partial charge < -0.3 is 14.8 Å². The highest BCUT2D eigenvalue weighted by molar-refractivity contribution is 7.91. The molecule has 2 atom stereocenters. The molecule has 0 aliphatic heterocycles. The number of rotatable bonds is 6. The van der Waals surface area contributed by atoms with Crippen LogP contribution < -0.4 is 10.0 Å². The summed E-state index contributed by atoms with van der Waals surface area (Å²) in [6.45, 7) is 5.31. The van der Waals surface area contributed by atoms with E-state index < -0.39 is 21.5 Å². The van der Waals surface area contributed by atoms with Gasteiger partial charge >= 0.3 is 6.03 Å². The monoisotopic (exact) mass is 431 g/mol. The third-order valence-corrected chi connectivity index (χ3v) is 7.43. The normalized spacial score (nSPS) is 19.1. The summed E-state index contributed by atoms with van der Waals surface area (Å²) in [7, 11) is -3.71. The minimum Gasteiger partial charge on any atom is -0.452 e.